The maximum absolute atomic E-state index is 5.97. The van der Waals surface area contributed by atoms with Crippen molar-refractivity contribution in [2.24, 2.45) is 0 Å². The van der Waals surface area contributed by atoms with Gasteiger partial charge in [-0.3, -0.25) is 0 Å². The van der Waals surface area contributed by atoms with Gasteiger partial charge in [0, 0.05) is 22.8 Å². The Morgan fingerprint density at radius 1 is 1.06 bits per heavy atom. The fraction of sp³-hybridized carbons (Fsp3) is 0.0909. The SMILES string of the molecule is Cc1cc(Oc2cc(Cl)ccc2Cl)nc(Cl)n1. The molecule has 0 radical (unpaired) electrons. The molecule has 0 unspecified atom stereocenters. The Hall–Kier alpha value is -1.03. The lowest BCUT2D eigenvalue weighted by molar-refractivity contribution is 0.461. The summed E-state index contributed by atoms with van der Waals surface area (Å²) in [6.45, 7) is 1.79. The van der Waals surface area contributed by atoms with E-state index in [1.54, 1.807) is 31.2 Å². The Morgan fingerprint density at radius 2 is 1.82 bits per heavy atom. The van der Waals surface area contributed by atoms with Crippen molar-refractivity contribution in [3.05, 3.63) is 45.3 Å². The highest BCUT2D eigenvalue weighted by molar-refractivity contribution is 6.34. The number of ether oxygens (including phenoxy) is 1. The van der Waals surface area contributed by atoms with Crippen LogP contribution in [0.4, 0.5) is 0 Å². The summed E-state index contributed by atoms with van der Waals surface area (Å²) in [6, 6.07) is 6.59. The highest BCUT2D eigenvalue weighted by Crippen LogP contribution is 2.31. The topological polar surface area (TPSA) is 35.0 Å². The van der Waals surface area contributed by atoms with Crippen LogP contribution < -0.4 is 4.74 Å². The maximum atomic E-state index is 5.97. The summed E-state index contributed by atoms with van der Waals surface area (Å²) in [5.41, 5.74) is 0.707. The Bertz CT molecular complexity index is 540. The zero-order chi connectivity index (χ0) is 12.4. The van der Waals surface area contributed by atoms with Gasteiger partial charge in [-0.2, -0.15) is 4.98 Å². The molecule has 0 aliphatic heterocycles. The van der Waals surface area contributed by atoms with Gasteiger partial charge in [0.05, 0.1) is 5.02 Å². The summed E-state index contributed by atoms with van der Waals surface area (Å²) < 4.78 is 5.50. The zero-order valence-corrected chi connectivity index (χ0v) is 11.0. The van der Waals surface area contributed by atoms with Gasteiger partial charge in [0.2, 0.25) is 11.2 Å². The van der Waals surface area contributed by atoms with Crippen LogP contribution in [0.15, 0.2) is 24.3 Å². The van der Waals surface area contributed by atoms with E-state index in [-0.39, 0.29) is 5.28 Å². The molecule has 0 bridgehead atoms. The average Bonchev–Trinajstić information content (AvgIpc) is 2.22. The normalized spacial score (nSPS) is 10.4. The van der Waals surface area contributed by atoms with Crippen molar-refractivity contribution in [1.82, 2.24) is 9.97 Å². The molecule has 6 heteroatoms. The second-order valence-corrected chi connectivity index (χ2v) is 4.48. The van der Waals surface area contributed by atoms with Crippen molar-refractivity contribution >= 4 is 34.8 Å². The molecule has 17 heavy (non-hydrogen) atoms. The molecule has 0 atom stereocenters. The second-order valence-electron chi connectivity index (χ2n) is 3.29. The van der Waals surface area contributed by atoms with Gasteiger partial charge in [-0.25, -0.2) is 4.98 Å². The molecule has 0 aliphatic rings. The van der Waals surface area contributed by atoms with Gasteiger partial charge >= 0.3 is 0 Å². The number of rotatable bonds is 2. The van der Waals surface area contributed by atoms with Crippen molar-refractivity contribution in [3.8, 4) is 11.6 Å². The fourth-order valence-electron chi connectivity index (χ4n) is 1.23. The van der Waals surface area contributed by atoms with E-state index in [1.807, 2.05) is 0 Å². The van der Waals surface area contributed by atoms with Crippen LogP contribution in [0.25, 0.3) is 0 Å². The molecule has 2 aromatic rings. The predicted octanol–water partition coefficient (Wildman–Crippen LogP) is 4.54. The zero-order valence-electron chi connectivity index (χ0n) is 8.75. The van der Waals surface area contributed by atoms with Crippen LogP contribution in [-0.2, 0) is 0 Å². The van der Waals surface area contributed by atoms with Crippen LogP contribution in [0.1, 0.15) is 5.69 Å². The van der Waals surface area contributed by atoms with Crippen molar-refractivity contribution in [1.29, 1.82) is 0 Å². The van der Waals surface area contributed by atoms with Crippen LogP contribution in [0.3, 0.4) is 0 Å². The van der Waals surface area contributed by atoms with Gasteiger partial charge in [-0.15, -0.1) is 0 Å². The minimum Gasteiger partial charge on any atom is -0.437 e. The van der Waals surface area contributed by atoms with Gasteiger partial charge in [0.15, 0.2) is 0 Å². The molecule has 0 amide bonds. The fourth-order valence-corrected chi connectivity index (χ4v) is 1.76. The lowest BCUT2D eigenvalue weighted by atomic mass is 10.3. The summed E-state index contributed by atoms with van der Waals surface area (Å²) in [5.74, 6) is 0.750. The van der Waals surface area contributed by atoms with E-state index in [1.165, 1.54) is 0 Å². The van der Waals surface area contributed by atoms with Gasteiger partial charge < -0.3 is 4.74 Å². The van der Waals surface area contributed by atoms with Gasteiger partial charge in [0.25, 0.3) is 0 Å². The van der Waals surface area contributed by atoms with Crippen molar-refractivity contribution in [3.63, 3.8) is 0 Å². The van der Waals surface area contributed by atoms with Crippen LogP contribution in [0.2, 0.25) is 15.3 Å². The summed E-state index contributed by atoms with van der Waals surface area (Å²) >= 11 is 17.5. The first-order chi connectivity index (χ1) is 8.04. The molecule has 0 saturated carbocycles. The molecule has 0 fully saturated rings. The Balaban J connectivity index is 2.34. The number of hydrogen-bond acceptors (Lipinski definition) is 3. The first-order valence-electron chi connectivity index (χ1n) is 4.69. The minimum atomic E-state index is 0.123. The molecule has 88 valence electrons. The van der Waals surface area contributed by atoms with Gasteiger partial charge in [0.1, 0.15) is 5.75 Å². The Kier molecular flexibility index (Phi) is 3.72. The monoisotopic (exact) mass is 288 g/mol. The minimum absolute atomic E-state index is 0.123. The van der Waals surface area contributed by atoms with Crippen LogP contribution in [-0.4, -0.2) is 9.97 Å². The largest absolute Gasteiger partial charge is 0.437 e. The molecule has 0 saturated heterocycles. The standard InChI is InChI=1S/C11H7Cl3N2O/c1-6-4-10(16-11(14)15-6)17-9-5-7(12)2-3-8(9)13/h2-5H,1H3. The van der Waals surface area contributed by atoms with E-state index in [0.29, 0.717) is 27.4 Å². The lowest BCUT2D eigenvalue weighted by Gasteiger charge is -2.07. The number of aryl methyl sites for hydroxylation is 1. The predicted molar refractivity (Wildman–Crippen MR) is 68.3 cm³/mol. The van der Waals surface area contributed by atoms with Crippen molar-refractivity contribution in [2.75, 3.05) is 0 Å². The smallest absolute Gasteiger partial charge is 0.225 e. The van der Waals surface area contributed by atoms with E-state index in [9.17, 15) is 0 Å². The van der Waals surface area contributed by atoms with Crippen molar-refractivity contribution in [2.45, 2.75) is 6.92 Å². The third kappa shape index (κ3) is 3.22. The second kappa shape index (κ2) is 5.08. The Labute approximate surface area is 113 Å². The molecule has 0 aliphatic carbocycles. The summed E-state index contributed by atoms with van der Waals surface area (Å²) in [4.78, 5) is 7.86. The first kappa shape index (κ1) is 12.4. The quantitative estimate of drug-likeness (QED) is 0.761. The molecule has 3 nitrogen and oxygen atoms in total. The summed E-state index contributed by atoms with van der Waals surface area (Å²) in [6.07, 6.45) is 0. The molecule has 0 spiro atoms. The number of hydrogen-bond donors (Lipinski definition) is 0. The molecule has 1 aromatic carbocycles. The third-order valence-corrected chi connectivity index (χ3v) is 2.63. The molecule has 0 N–H and O–H groups in total. The van der Waals surface area contributed by atoms with E-state index in [0.717, 1.165) is 0 Å². The van der Waals surface area contributed by atoms with Crippen LogP contribution >= 0.6 is 34.8 Å². The van der Waals surface area contributed by atoms with E-state index >= 15 is 0 Å². The summed E-state index contributed by atoms with van der Waals surface area (Å²) in [7, 11) is 0. The maximum Gasteiger partial charge on any atom is 0.225 e. The number of halogens is 3. The van der Waals surface area contributed by atoms with Crippen molar-refractivity contribution < 1.29 is 4.74 Å². The molecular formula is C11H7Cl3N2O. The van der Waals surface area contributed by atoms with Gasteiger partial charge in [-0.1, -0.05) is 23.2 Å². The molecular weight excluding hydrogens is 282 g/mol. The molecule has 1 heterocycles. The summed E-state index contributed by atoms with van der Waals surface area (Å²) in [5, 5.41) is 1.10. The lowest BCUT2D eigenvalue weighted by Crippen LogP contribution is -1.93. The number of nitrogens with zero attached hydrogens (tertiary/aromatic N) is 2. The van der Waals surface area contributed by atoms with Gasteiger partial charge in [-0.05, 0) is 30.7 Å². The Morgan fingerprint density at radius 3 is 2.53 bits per heavy atom. The van der Waals surface area contributed by atoms with E-state index in [2.05, 4.69) is 9.97 Å². The van der Waals surface area contributed by atoms with Crippen LogP contribution in [0, 0.1) is 6.92 Å². The van der Waals surface area contributed by atoms with Crippen LogP contribution in [0.5, 0.6) is 11.6 Å². The van der Waals surface area contributed by atoms with E-state index in [4.69, 9.17) is 39.5 Å². The van der Waals surface area contributed by atoms with E-state index < -0.39 is 0 Å². The number of benzene rings is 1. The highest BCUT2D eigenvalue weighted by Gasteiger charge is 2.07. The number of aromatic nitrogens is 2. The first-order valence-corrected chi connectivity index (χ1v) is 5.82. The average molecular weight is 290 g/mol. The molecule has 1 aromatic heterocycles. The third-order valence-electron chi connectivity index (χ3n) is 1.91. The molecule has 2 rings (SSSR count). The highest BCUT2D eigenvalue weighted by atomic mass is 35.5.